The fourth-order valence-electron chi connectivity index (χ4n) is 1.40. The van der Waals surface area contributed by atoms with Crippen molar-refractivity contribution >= 4 is 5.97 Å². The minimum absolute atomic E-state index is 0.602. The van der Waals surface area contributed by atoms with Gasteiger partial charge in [-0.15, -0.1) is 0 Å². The summed E-state index contributed by atoms with van der Waals surface area (Å²) in [5.41, 5.74) is 1.52. The monoisotopic (exact) mass is 189 g/mol. The van der Waals surface area contributed by atoms with Gasteiger partial charge in [-0.1, -0.05) is 31.2 Å². The molecule has 0 aliphatic carbocycles. The smallest absolute Gasteiger partial charge is 0.325 e. The van der Waals surface area contributed by atoms with Crippen LogP contribution in [0.25, 0.3) is 0 Å². The number of nitriles is 1. The van der Waals surface area contributed by atoms with E-state index < -0.39 is 11.9 Å². The van der Waals surface area contributed by atoms with Crippen LogP contribution < -0.4 is 0 Å². The Morgan fingerprint density at radius 2 is 2.21 bits per heavy atom. The molecule has 0 fully saturated rings. The molecule has 3 nitrogen and oxygen atoms in total. The van der Waals surface area contributed by atoms with E-state index in [0.29, 0.717) is 5.56 Å². The number of nitrogens with zero attached hydrogens (tertiary/aromatic N) is 1. The summed E-state index contributed by atoms with van der Waals surface area (Å²) in [6.45, 7) is 1.94. The van der Waals surface area contributed by atoms with Crippen molar-refractivity contribution in [2.75, 3.05) is 0 Å². The van der Waals surface area contributed by atoms with Gasteiger partial charge in [0.1, 0.15) is 0 Å². The van der Waals surface area contributed by atoms with E-state index in [2.05, 4.69) is 0 Å². The fourth-order valence-corrected chi connectivity index (χ4v) is 1.40. The molecule has 0 heterocycles. The topological polar surface area (TPSA) is 61.1 Å². The van der Waals surface area contributed by atoms with Gasteiger partial charge in [0.05, 0.1) is 6.07 Å². The van der Waals surface area contributed by atoms with Crippen molar-refractivity contribution in [2.45, 2.75) is 19.3 Å². The lowest BCUT2D eigenvalue weighted by Crippen LogP contribution is -2.11. The van der Waals surface area contributed by atoms with Gasteiger partial charge in [0.2, 0.25) is 0 Å². The van der Waals surface area contributed by atoms with E-state index in [4.69, 9.17) is 10.4 Å². The third kappa shape index (κ3) is 1.91. The first-order valence-corrected chi connectivity index (χ1v) is 4.41. The van der Waals surface area contributed by atoms with Crippen LogP contribution in [-0.4, -0.2) is 11.1 Å². The summed E-state index contributed by atoms with van der Waals surface area (Å²) < 4.78 is 0. The van der Waals surface area contributed by atoms with Crippen LogP contribution in [0.3, 0.4) is 0 Å². The number of benzene rings is 1. The highest BCUT2D eigenvalue weighted by Crippen LogP contribution is 2.20. The van der Waals surface area contributed by atoms with Gasteiger partial charge in [-0.25, -0.2) is 0 Å². The van der Waals surface area contributed by atoms with Crippen LogP contribution in [0.2, 0.25) is 0 Å². The average Bonchev–Trinajstić information content (AvgIpc) is 2.19. The van der Waals surface area contributed by atoms with Crippen LogP contribution in [0.15, 0.2) is 24.3 Å². The molecule has 1 unspecified atom stereocenters. The lowest BCUT2D eigenvalue weighted by Gasteiger charge is -2.08. The van der Waals surface area contributed by atoms with E-state index in [1.807, 2.05) is 19.1 Å². The number of aryl methyl sites for hydroxylation is 1. The number of hydrogen-bond donors (Lipinski definition) is 1. The molecular weight excluding hydrogens is 178 g/mol. The van der Waals surface area contributed by atoms with Crippen LogP contribution in [-0.2, 0) is 11.2 Å². The van der Waals surface area contributed by atoms with Gasteiger partial charge >= 0.3 is 5.97 Å². The molecule has 1 atom stereocenters. The molecule has 1 N–H and O–H groups in total. The second-order valence-corrected chi connectivity index (χ2v) is 2.95. The number of carboxylic acids is 1. The quantitative estimate of drug-likeness (QED) is 0.790. The van der Waals surface area contributed by atoms with Crippen molar-refractivity contribution in [3.05, 3.63) is 35.4 Å². The zero-order valence-electron chi connectivity index (χ0n) is 7.90. The lowest BCUT2D eigenvalue weighted by atomic mass is 9.94. The Morgan fingerprint density at radius 1 is 1.57 bits per heavy atom. The Bertz CT molecular complexity index is 379. The van der Waals surface area contributed by atoms with Gasteiger partial charge in [-0.2, -0.15) is 5.26 Å². The molecule has 0 radical (unpaired) electrons. The first-order valence-electron chi connectivity index (χ1n) is 4.41. The Hall–Kier alpha value is -1.82. The zero-order chi connectivity index (χ0) is 10.6. The Labute approximate surface area is 82.6 Å². The van der Waals surface area contributed by atoms with Crippen molar-refractivity contribution in [1.82, 2.24) is 0 Å². The zero-order valence-corrected chi connectivity index (χ0v) is 7.90. The maximum atomic E-state index is 10.8. The van der Waals surface area contributed by atoms with Gasteiger partial charge in [-0.05, 0) is 17.5 Å². The van der Waals surface area contributed by atoms with Gasteiger partial charge in [0.15, 0.2) is 5.92 Å². The van der Waals surface area contributed by atoms with Gasteiger partial charge in [-0.3, -0.25) is 4.79 Å². The largest absolute Gasteiger partial charge is 0.480 e. The summed E-state index contributed by atoms with van der Waals surface area (Å²) in [4.78, 5) is 10.8. The average molecular weight is 189 g/mol. The SMILES string of the molecule is CCc1ccccc1C(C#N)C(=O)O. The van der Waals surface area contributed by atoms with Gasteiger partial charge in [0.25, 0.3) is 0 Å². The summed E-state index contributed by atoms with van der Waals surface area (Å²) in [5, 5.41) is 17.6. The molecule has 1 aromatic carbocycles. The van der Waals surface area contributed by atoms with E-state index in [0.717, 1.165) is 12.0 Å². The van der Waals surface area contributed by atoms with Crippen LogP contribution in [0, 0.1) is 11.3 Å². The van der Waals surface area contributed by atoms with E-state index in [9.17, 15) is 4.79 Å². The predicted octanol–water partition coefficient (Wildman–Crippen LogP) is 1.94. The molecule has 0 amide bonds. The highest BCUT2D eigenvalue weighted by molar-refractivity contribution is 5.79. The Balaban J connectivity index is 3.17. The number of carbonyl (C=O) groups is 1. The highest BCUT2D eigenvalue weighted by atomic mass is 16.4. The number of carboxylic acid groups (broad SMARTS) is 1. The molecule has 1 aromatic rings. The third-order valence-corrected chi connectivity index (χ3v) is 2.12. The van der Waals surface area contributed by atoms with Crippen molar-refractivity contribution in [1.29, 1.82) is 5.26 Å². The molecule has 14 heavy (non-hydrogen) atoms. The van der Waals surface area contributed by atoms with Crippen molar-refractivity contribution in [2.24, 2.45) is 0 Å². The molecule has 72 valence electrons. The van der Waals surface area contributed by atoms with Crippen LogP contribution >= 0.6 is 0 Å². The maximum Gasteiger partial charge on any atom is 0.325 e. The lowest BCUT2D eigenvalue weighted by molar-refractivity contribution is -0.137. The number of rotatable bonds is 3. The van der Waals surface area contributed by atoms with Crippen LogP contribution in [0.5, 0.6) is 0 Å². The molecule has 0 bridgehead atoms. The van der Waals surface area contributed by atoms with E-state index in [1.54, 1.807) is 18.2 Å². The van der Waals surface area contributed by atoms with Crippen LogP contribution in [0.4, 0.5) is 0 Å². The highest BCUT2D eigenvalue weighted by Gasteiger charge is 2.20. The van der Waals surface area contributed by atoms with Crippen LogP contribution in [0.1, 0.15) is 24.0 Å². The molecule has 1 rings (SSSR count). The van der Waals surface area contributed by atoms with E-state index >= 15 is 0 Å². The summed E-state index contributed by atoms with van der Waals surface area (Å²) in [6.07, 6.45) is 0.738. The number of aliphatic carboxylic acids is 1. The summed E-state index contributed by atoms with van der Waals surface area (Å²) in [6, 6.07) is 8.94. The molecule has 0 spiro atoms. The molecule has 0 saturated carbocycles. The van der Waals surface area contributed by atoms with E-state index in [-0.39, 0.29) is 0 Å². The summed E-state index contributed by atoms with van der Waals surface area (Å²) in [5.74, 6) is -2.14. The molecule has 0 aromatic heterocycles. The second-order valence-electron chi connectivity index (χ2n) is 2.95. The Kier molecular flexibility index (Phi) is 3.24. The van der Waals surface area contributed by atoms with E-state index in [1.165, 1.54) is 0 Å². The molecule has 0 aliphatic rings. The predicted molar refractivity (Wildman–Crippen MR) is 51.8 cm³/mol. The fraction of sp³-hybridized carbons (Fsp3) is 0.273. The molecule has 0 saturated heterocycles. The third-order valence-electron chi connectivity index (χ3n) is 2.12. The maximum absolute atomic E-state index is 10.8. The molecule has 3 heteroatoms. The standard InChI is InChI=1S/C11H11NO2/c1-2-8-5-3-4-6-9(8)10(7-12)11(13)14/h3-6,10H,2H2,1H3,(H,13,14). The minimum atomic E-state index is -1.09. The normalized spacial score (nSPS) is 11.7. The van der Waals surface area contributed by atoms with Crippen molar-refractivity contribution in [3.63, 3.8) is 0 Å². The van der Waals surface area contributed by atoms with Gasteiger partial charge < -0.3 is 5.11 Å². The van der Waals surface area contributed by atoms with Crippen molar-refractivity contribution < 1.29 is 9.90 Å². The second kappa shape index (κ2) is 4.43. The van der Waals surface area contributed by atoms with Gasteiger partial charge in [0, 0.05) is 0 Å². The first kappa shape index (κ1) is 10.3. The minimum Gasteiger partial charge on any atom is -0.480 e. The summed E-state index contributed by atoms with van der Waals surface area (Å²) in [7, 11) is 0. The Morgan fingerprint density at radius 3 is 2.71 bits per heavy atom. The molecule has 0 aliphatic heterocycles. The first-order chi connectivity index (χ1) is 6.70. The molecular formula is C11H11NO2. The summed E-state index contributed by atoms with van der Waals surface area (Å²) >= 11 is 0. The van der Waals surface area contributed by atoms with Crippen molar-refractivity contribution in [3.8, 4) is 6.07 Å². The number of hydrogen-bond acceptors (Lipinski definition) is 2.